The molecular weight excluding hydrogens is 612 g/mol. The van der Waals surface area contributed by atoms with E-state index in [1.54, 1.807) is 0 Å². The van der Waals surface area contributed by atoms with Crippen molar-refractivity contribution in [3.63, 3.8) is 0 Å². The van der Waals surface area contributed by atoms with Crippen LogP contribution < -0.4 is 0 Å². The van der Waals surface area contributed by atoms with Gasteiger partial charge in [-0.25, -0.2) is 0 Å². The van der Waals surface area contributed by atoms with Gasteiger partial charge in [-0.2, -0.15) is 0 Å². The second-order valence-corrected chi connectivity index (χ2v) is 14.9. The Labute approximate surface area is 304 Å². The normalized spacial score (nSPS) is 12.5. The smallest absolute Gasteiger partial charge is 0.306 e. The average molecular weight is 695 g/mol. The molecule has 0 N–H and O–H groups in total. The van der Waals surface area contributed by atoms with Crippen LogP contribution in [0.25, 0.3) is 0 Å². The Bertz CT molecular complexity index is 738. The number of carbonyl (C=O) groups is 3. The van der Waals surface area contributed by atoms with E-state index in [9.17, 15) is 14.4 Å². The van der Waals surface area contributed by atoms with Gasteiger partial charge in [-0.3, -0.25) is 14.4 Å². The summed E-state index contributed by atoms with van der Waals surface area (Å²) in [5.74, 6) is -0.0282. The van der Waals surface area contributed by atoms with Gasteiger partial charge < -0.3 is 14.2 Å². The van der Waals surface area contributed by atoms with Crippen molar-refractivity contribution in [1.29, 1.82) is 0 Å². The maximum Gasteiger partial charge on any atom is 0.306 e. The molecule has 49 heavy (non-hydrogen) atoms. The average Bonchev–Trinajstić information content (AvgIpc) is 3.10. The largest absolute Gasteiger partial charge is 0.462 e. The van der Waals surface area contributed by atoms with E-state index in [2.05, 4.69) is 27.7 Å². The fourth-order valence-corrected chi connectivity index (χ4v) is 6.24. The number of carbonyl (C=O) groups excluding carboxylic acids is 3. The molecule has 0 radical (unpaired) electrons. The van der Waals surface area contributed by atoms with E-state index in [4.69, 9.17) is 14.2 Å². The molecule has 0 bridgehead atoms. The Kier molecular flexibility index (Phi) is 36.4. The van der Waals surface area contributed by atoms with E-state index in [1.807, 2.05) is 0 Å². The number of esters is 3. The Morgan fingerprint density at radius 2 is 0.714 bits per heavy atom. The lowest BCUT2D eigenvalue weighted by Gasteiger charge is -2.18. The van der Waals surface area contributed by atoms with Crippen LogP contribution in [0.2, 0.25) is 0 Å². The van der Waals surface area contributed by atoms with Crippen molar-refractivity contribution in [3.8, 4) is 0 Å². The minimum atomic E-state index is -0.757. The molecule has 0 saturated heterocycles. The summed E-state index contributed by atoms with van der Waals surface area (Å²) < 4.78 is 16.6. The topological polar surface area (TPSA) is 78.9 Å². The van der Waals surface area contributed by atoms with Crippen LogP contribution >= 0.6 is 0 Å². The van der Waals surface area contributed by atoms with E-state index in [-0.39, 0.29) is 31.1 Å². The number of hydrogen-bond acceptors (Lipinski definition) is 6. The number of ether oxygens (including phenoxy) is 3. The van der Waals surface area contributed by atoms with Gasteiger partial charge in [-0.1, -0.05) is 195 Å². The van der Waals surface area contributed by atoms with Gasteiger partial charge in [0.15, 0.2) is 6.10 Å². The zero-order valence-corrected chi connectivity index (χ0v) is 33.1. The molecule has 0 rings (SSSR count). The molecule has 0 aliphatic rings. The first-order valence-electron chi connectivity index (χ1n) is 21.4. The van der Waals surface area contributed by atoms with Gasteiger partial charge in [0.05, 0.1) is 0 Å². The maximum atomic E-state index is 12.6. The molecule has 0 aromatic rings. The summed E-state index contributed by atoms with van der Waals surface area (Å²) in [6.07, 6.45) is 35.4. The molecule has 0 amide bonds. The monoisotopic (exact) mass is 695 g/mol. The highest BCUT2D eigenvalue weighted by molar-refractivity contribution is 5.71. The molecule has 0 fully saturated rings. The number of unbranched alkanes of at least 4 members (excludes halogenated alkanes) is 24. The van der Waals surface area contributed by atoms with Crippen molar-refractivity contribution in [1.82, 2.24) is 0 Å². The molecule has 0 aromatic carbocycles. The van der Waals surface area contributed by atoms with Crippen molar-refractivity contribution in [2.45, 2.75) is 239 Å². The van der Waals surface area contributed by atoms with Crippen LogP contribution in [-0.4, -0.2) is 37.2 Å². The third-order valence-corrected chi connectivity index (χ3v) is 9.90. The predicted octanol–water partition coefficient (Wildman–Crippen LogP) is 13.2. The van der Waals surface area contributed by atoms with Gasteiger partial charge in [0.1, 0.15) is 13.2 Å². The Hall–Kier alpha value is -1.59. The van der Waals surface area contributed by atoms with E-state index < -0.39 is 6.10 Å². The molecule has 1 unspecified atom stereocenters. The van der Waals surface area contributed by atoms with Gasteiger partial charge in [0, 0.05) is 19.3 Å². The Morgan fingerprint density at radius 3 is 1.06 bits per heavy atom. The van der Waals surface area contributed by atoms with Crippen LogP contribution in [0.3, 0.4) is 0 Å². The summed E-state index contributed by atoms with van der Waals surface area (Å²) in [4.78, 5) is 37.4. The summed E-state index contributed by atoms with van der Waals surface area (Å²) in [6, 6.07) is 0. The second-order valence-electron chi connectivity index (χ2n) is 14.9. The molecule has 0 saturated carbocycles. The molecule has 0 heterocycles. The van der Waals surface area contributed by atoms with Crippen molar-refractivity contribution in [2.24, 2.45) is 5.92 Å². The molecule has 290 valence electrons. The van der Waals surface area contributed by atoms with E-state index in [1.165, 1.54) is 122 Å². The highest BCUT2D eigenvalue weighted by Gasteiger charge is 2.19. The first kappa shape index (κ1) is 47.4. The van der Waals surface area contributed by atoms with Gasteiger partial charge >= 0.3 is 17.9 Å². The third kappa shape index (κ3) is 36.0. The molecule has 2 atom stereocenters. The van der Waals surface area contributed by atoms with Gasteiger partial charge in [0.2, 0.25) is 0 Å². The molecule has 0 spiro atoms. The molecule has 0 aliphatic carbocycles. The van der Waals surface area contributed by atoms with Crippen LogP contribution in [0.15, 0.2) is 0 Å². The lowest BCUT2D eigenvalue weighted by atomic mass is 9.99. The number of rotatable bonds is 38. The van der Waals surface area contributed by atoms with E-state index in [0.717, 1.165) is 70.1 Å². The fourth-order valence-electron chi connectivity index (χ4n) is 6.24. The van der Waals surface area contributed by atoms with Crippen molar-refractivity contribution in [3.05, 3.63) is 0 Å². The summed E-state index contributed by atoms with van der Waals surface area (Å²) in [5, 5.41) is 0. The summed E-state index contributed by atoms with van der Waals surface area (Å²) in [7, 11) is 0. The molecular formula is C43H82O6. The van der Waals surface area contributed by atoms with Gasteiger partial charge in [-0.15, -0.1) is 0 Å². The van der Waals surface area contributed by atoms with Gasteiger partial charge in [-0.05, 0) is 25.2 Å². The zero-order chi connectivity index (χ0) is 36.0. The first-order valence-corrected chi connectivity index (χ1v) is 21.4. The predicted molar refractivity (Wildman–Crippen MR) is 206 cm³/mol. The molecule has 6 heteroatoms. The fraction of sp³-hybridized carbons (Fsp3) is 0.930. The standard InChI is InChI=1S/C43H82O6/c1-5-8-10-12-13-14-15-16-17-18-19-23-27-31-35-42(45)48-38-40(37-47-41(44)34-30-25-11-9-6-2)49-43(46)36-32-28-24-21-20-22-26-29-33-39(4)7-3/h39-40H,5-38H2,1-4H3/t39?,40-/m1/s1. The SMILES string of the molecule is CCCCCCCCCCCCCCCCC(=O)OC[C@@H](COC(=O)CCCCCCC)OC(=O)CCCCCCCCCCC(C)CC. The highest BCUT2D eigenvalue weighted by Crippen LogP contribution is 2.16. The molecule has 6 nitrogen and oxygen atoms in total. The third-order valence-electron chi connectivity index (χ3n) is 9.90. The van der Waals surface area contributed by atoms with E-state index in [0.29, 0.717) is 19.3 Å². The van der Waals surface area contributed by atoms with Crippen LogP contribution in [-0.2, 0) is 28.6 Å². The Balaban J connectivity index is 4.22. The van der Waals surface area contributed by atoms with Crippen molar-refractivity contribution >= 4 is 17.9 Å². The summed E-state index contributed by atoms with van der Waals surface area (Å²) >= 11 is 0. The zero-order valence-electron chi connectivity index (χ0n) is 33.1. The van der Waals surface area contributed by atoms with Crippen LogP contribution in [0, 0.1) is 5.92 Å². The van der Waals surface area contributed by atoms with Crippen LogP contribution in [0.5, 0.6) is 0 Å². The second kappa shape index (κ2) is 37.7. The molecule has 0 aliphatic heterocycles. The van der Waals surface area contributed by atoms with E-state index >= 15 is 0 Å². The van der Waals surface area contributed by atoms with Crippen LogP contribution in [0.1, 0.15) is 233 Å². The molecule has 0 aromatic heterocycles. The van der Waals surface area contributed by atoms with Gasteiger partial charge in [0.25, 0.3) is 0 Å². The Morgan fingerprint density at radius 1 is 0.408 bits per heavy atom. The minimum Gasteiger partial charge on any atom is -0.462 e. The number of hydrogen-bond donors (Lipinski definition) is 0. The quantitative estimate of drug-likeness (QED) is 0.0364. The van der Waals surface area contributed by atoms with Crippen LogP contribution in [0.4, 0.5) is 0 Å². The summed E-state index contributed by atoms with van der Waals surface area (Å²) in [5.41, 5.74) is 0. The van der Waals surface area contributed by atoms with Crippen molar-refractivity contribution in [2.75, 3.05) is 13.2 Å². The van der Waals surface area contributed by atoms with Crippen molar-refractivity contribution < 1.29 is 28.6 Å². The highest BCUT2D eigenvalue weighted by atomic mass is 16.6. The first-order chi connectivity index (χ1) is 23.9. The lowest BCUT2D eigenvalue weighted by molar-refractivity contribution is -0.167. The maximum absolute atomic E-state index is 12.6. The lowest BCUT2D eigenvalue weighted by Crippen LogP contribution is -2.30. The minimum absolute atomic E-state index is 0.0655. The summed E-state index contributed by atoms with van der Waals surface area (Å²) in [6.45, 7) is 8.91.